The summed E-state index contributed by atoms with van der Waals surface area (Å²) in [6.07, 6.45) is 0.770. The van der Waals surface area contributed by atoms with Crippen molar-refractivity contribution in [3.63, 3.8) is 0 Å². The number of fused-ring (bicyclic) bond motifs is 1. The molecule has 6 heteroatoms. The molecule has 0 saturated carbocycles. The first-order valence-electron chi connectivity index (χ1n) is 6.51. The highest BCUT2D eigenvalue weighted by atomic mass is 32.1. The Morgan fingerprint density at radius 2 is 2.10 bits per heavy atom. The fourth-order valence-electron chi connectivity index (χ4n) is 1.87. The van der Waals surface area contributed by atoms with Gasteiger partial charge in [0.1, 0.15) is 5.82 Å². The SMILES string of the molecule is CCCn1c(=NC(=O)C(C)C)sc2cc(F)cc(F)c21. The Balaban J connectivity index is 2.74. The highest BCUT2D eigenvalue weighted by Crippen LogP contribution is 2.22. The van der Waals surface area contributed by atoms with Gasteiger partial charge in [0.05, 0.1) is 10.2 Å². The first-order chi connectivity index (χ1) is 9.43. The number of nitrogens with zero attached hydrogens (tertiary/aromatic N) is 2. The number of benzene rings is 1. The molecule has 0 aliphatic heterocycles. The van der Waals surface area contributed by atoms with E-state index >= 15 is 0 Å². The topological polar surface area (TPSA) is 34.4 Å². The number of halogens is 2. The van der Waals surface area contributed by atoms with Gasteiger partial charge in [0.2, 0.25) is 0 Å². The van der Waals surface area contributed by atoms with Crippen molar-refractivity contribution in [3.05, 3.63) is 28.6 Å². The number of thiazole rings is 1. The smallest absolute Gasteiger partial charge is 0.250 e. The van der Waals surface area contributed by atoms with Crippen molar-refractivity contribution >= 4 is 27.5 Å². The van der Waals surface area contributed by atoms with E-state index in [-0.39, 0.29) is 11.8 Å². The Hall–Kier alpha value is -1.56. The average molecular weight is 298 g/mol. The van der Waals surface area contributed by atoms with Crippen LogP contribution in [0.3, 0.4) is 0 Å². The van der Waals surface area contributed by atoms with Crippen LogP contribution in [0.5, 0.6) is 0 Å². The van der Waals surface area contributed by atoms with E-state index < -0.39 is 11.6 Å². The van der Waals surface area contributed by atoms with E-state index in [2.05, 4.69) is 4.99 Å². The monoisotopic (exact) mass is 298 g/mol. The van der Waals surface area contributed by atoms with E-state index in [1.165, 1.54) is 6.07 Å². The normalized spacial score (nSPS) is 12.6. The molecular weight excluding hydrogens is 282 g/mol. The van der Waals surface area contributed by atoms with Gasteiger partial charge in [-0.3, -0.25) is 4.79 Å². The molecule has 0 atom stereocenters. The molecule has 2 rings (SSSR count). The van der Waals surface area contributed by atoms with E-state index in [9.17, 15) is 13.6 Å². The number of hydrogen-bond donors (Lipinski definition) is 0. The Morgan fingerprint density at radius 1 is 1.40 bits per heavy atom. The minimum Gasteiger partial charge on any atom is -0.314 e. The molecule has 1 amide bonds. The van der Waals surface area contributed by atoms with E-state index in [1.54, 1.807) is 18.4 Å². The third-order valence-corrected chi connectivity index (χ3v) is 3.87. The van der Waals surface area contributed by atoms with Crippen molar-refractivity contribution < 1.29 is 13.6 Å². The largest absolute Gasteiger partial charge is 0.314 e. The molecule has 0 fully saturated rings. The van der Waals surface area contributed by atoms with E-state index in [4.69, 9.17) is 0 Å². The fourth-order valence-corrected chi connectivity index (χ4v) is 2.97. The number of aryl methyl sites for hydroxylation is 1. The van der Waals surface area contributed by atoms with Crippen LogP contribution in [0.15, 0.2) is 17.1 Å². The molecule has 0 N–H and O–H groups in total. The Labute approximate surface area is 119 Å². The number of hydrogen-bond acceptors (Lipinski definition) is 2. The predicted molar refractivity (Wildman–Crippen MR) is 75.4 cm³/mol. The standard InChI is InChI=1S/C14H16F2N2OS/c1-4-5-18-12-10(16)6-9(15)7-11(12)20-14(18)17-13(19)8(2)3/h6-8H,4-5H2,1-3H3. The first-order valence-corrected chi connectivity index (χ1v) is 7.32. The molecule has 1 aromatic heterocycles. The van der Waals surface area contributed by atoms with Gasteiger partial charge in [0, 0.05) is 18.5 Å². The Morgan fingerprint density at radius 3 is 2.70 bits per heavy atom. The second-order valence-corrected chi connectivity index (χ2v) is 5.88. The maximum atomic E-state index is 14.0. The summed E-state index contributed by atoms with van der Waals surface area (Å²) in [6.45, 7) is 5.99. The van der Waals surface area contributed by atoms with Crippen LogP contribution in [0.4, 0.5) is 8.78 Å². The van der Waals surface area contributed by atoms with Crippen molar-refractivity contribution in [2.24, 2.45) is 10.9 Å². The quantitative estimate of drug-likeness (QED) is 0.854. The lowest BCUT2D eigenvalue weighted by Gasteiger charge is -2.04. The molecule has 0 radical (unpaired) electrons. The molecule has 20 heavy (non-hydrogen) atoms. The first kappa shape index (κ1) is 14.8. The molecule has 3 nitrogen and oxygen atoms in total. The van der Waals surface area contributed by atoms with Gasteiger partial charge in [0.15, 0.2) is 10.6 Å². The van der Waals surface area contributed by atoms with Crippen molar-refractivity contribution in [1.29, 1.82) is 0 Å². The summed E-state index contributed by atoms with van der Waals surface area (Å²) in [5.74, 6) is -1.73. The van der Waals surface area contributed by atoms with Gasteiger partial charge in [0.25, 0.3) is 5.91 Å². The summed E-state index contributed by atoms with van der Waals surface area (Å²) >= 11 is 1.13. The molecular formula is C14H16F2N2OS. The zero-order chi connectivity index (χ0) is 14.9. The molecule has 2 aromatic rings. The molecule has 108 valence electrons. The van der Waals surface area contributed by atoms with Crippen LogP contribution in [0.1, 0.15) is 27.2 Å². The highest BCUT2D eigenvalue weighted by molar-refractivity contribution is 7.16. The summed E-state index contributed by atoms with van der Waals surface area (Å²) in [5.41, 5.74) is 0.313. The lowest BCUT2D eigenvalue weighted by atomic mass is 10.2. The van der Waals surface area contributed by atoms with E-state index in [0.717, 1.165) is 23.8 Å². The van der Waals surface area contributed by atoms with Gasteiger partial charge in [-0.1, -0.05) is 32.1 Å². The number of amides is 1. The van der Waals surface area contributed by atoms with Gasteiger partial charge < -0.3 is 4.57 Å². The summed E-state index contributed by atoms with van der Waals surface area (Å²) in [4.78, 5) is 16.2. The maximum absolute atomic E-state index is 14.0. The molecule has 0 bridgehead atoms. The Bertz CT molecular complexity index is 716. The zero-order valence-electron chi connectivity index (χ0n) is 11.6. The lowest BCUT2D eigenvalue weighted by molar-refractivity contribution is -0.120. The number of carbonyl (C=O) groups excluding carboxylic acids is 1. The van der Waals surface area contributed by atoms with Crippen LogP contribution in [0.2, 0.25) is 0 Å². The van der Waals surface area contributed by atoms with Gasteiger partial charge in [-0.05, 0) is 12.5 Å². The average Bonchev–Trinajstić information content (AvgIpc) is 2.67. The van der Waals surface area contributed by atoms with Crippen molar-refractivity contribution in [1.82, 2.24) is 4.57 Å². The Kier molecular flexibility index (Phi) is 4.32. The predicted octanol–water partition coefficient (Wildman–Crippen LogP) is 3.47. The van der Waals surface area contributed by atoms with Crippen LogP contribution >= 0.6 is 11.3 Å². The molecule has 1 aromatic carbocycles. The van der Waals surface area contributed by atoms with Crippen LogP contribution < -0.4 is 4.80 Å². The molecule has 0 unspecified atom stereocenters. The second kappa shape index (κ2) is 5.83. The third-order valence-electron chi connectivity index (χ3n) is 2.84. The van der Waals surface area contributed by atoms with Gasteiger partial charge in [-0.2, -0.15) is 4.99 Å². The lowest BCUT2D eigenvalue weighted by Crippen LogP contribution is -2.18. The highest BCUT2D eigenvalue weighted by Gasteiger charge is 2.14. The molecule has 0 aliphatic rings. The number of carbonyl (C=O) groups is 1. The number of rotatable bonds is 3. The third kappa shape index (κ3) is 2.80. The van der Waals surface area contributed by atoms with E-state index in [0.29, 0.717) is 21.6 Å². The molecule has 0 spiro atoms. The van der Waals surface area contributed by atoms with Crippen LogP contribution in [-0.2, 0) is 11.3 Å². The summed E-state index contributed by atoms with van der Waals surface area (Å²) < 4.78 is 29.3. The van der Waals surface area contributed by atoms with Crippen molar-refractivity contribution in [3.8, 4) is 0 Å². The van der Waals surface area contributed by atoms with Gasteiger partial charge >= 0.3 is 0 Å². The van der Waals surface area contributed by atoms with Crippen LogP contribution in [0.25, 0.3) is 10.2 Å². The fraction of sp³-hybridized carbons (Fsp3) is 0.429. The van der Waals surface area contributed by atoms with Crippen LogP contribution in [0, 0.1) is 17.6 Å². The minimum atomic E-state index is -0.623. The molecule has 0 aliphatic carbocycles. The van der Waals surface area contributed by atoms with Crippen molar-refractivity contribution in [2.45, 2.75) is 33.7 Å². The van der Waals surface area contributed by atoms with Gasteiger partial charge in [-0.15, -0.1) is 0 Å². The molecule has 1 heterocycles. The van der Waals surface area contributed by atoms with Crippen molar-refractivity contribution in [2.75, 3.05) is 0 Å². The number of aromatic nitrogens is 1. The summed E-state index contributed by atoms with van der Waals surface area (Å²) in [7, 11) is 0. The van der Waals surface area contributed by atoms with E-state index in [1.807, 2.05) is 6.92 Å². The van der Waals surface area contributed by atoms with Crippen LogP contribution in [-0.4, -0.2) is 10.5 Å². The second-order valence-electron chi connectivity index (χ2n) is 4.88. The zero-order valence-corrected chi connectivity index (χ0v) is 12.4. The molecule has 0 saturated heterocycles. The van der Waals surface area contributed by atoms with Gasteiger partial charge in [-0.25, -0.2) is 8.78 Å². The summed E-state index contributed by atoms with van der Waals surface area (Å²) in [5, 5.41) is 0. The summed E-state index contributed by atoms with van der Waals surface area (Å²) in [6, 6.07) is 2.13. The minimum absolute atomic E-state index is 0.225. The maximum Gasteiger partial charge on any atom is 0.250 e.